The number of ether oxygens (including phenoxy) is 1. The summed E-state index contributed by atoms with van der Waals surface area (Å²) in [7, 11) is 0. The number of amides is 1. The second kappa shape index (κ2) is 5.04. The number of hydrogen-bond donors (Lipinski definition) is 2. The first kappa shape index (κ1) is 13.0. The number of carbonyl (C=O) groups is 1. The molecule has 0 spiro atoms. The lowest BCUT2D eigenvalue weighted by atomic mass is 10.0. The SMILES string of the molecule is Cc1ccc(F)cc1NC(=O)COC1(C)CNC1. The molecule has 1 saturated heterocycles. The molecule has 0 unspecified atom stereocenters. The van der Waals surface area contributed by atoms with Crippen LogP contribution in [0.3, 0.4) is 0 Å². The monoisotopic (exact) mass is 252 g/mol. The number of aryl methyl sites for hydroxylation is 1. The molecule has 0 atom stereocenters. The Labute approximate surface area is 106 Å². The van der Waals surface area contributed by atoms with Crippen LogP contribution in [0, 0.1) is 12.7 Å². The first-order valence-electron chi connectivity index (χ1n) is 5.89. The summed E-state index contributed by atoms with van der Waals surface area (Å²) < 4.78 is 18.5. The Hall–Kier alpha value is -1.46. The van der Waals surface area contributed by atoms with Crippen LogP contribution in [0.15, 0.2) is 18.2 Å². The maximum atomic E-state index is 13.0. The second-order valence-electron chi connectivity index (χ2n) is 4.85. The molecular weight excluding hydrogens is 235 g/mol. The van der Waals surface area contributed by atoms with E-state index in [-0.39, 0.29) is 23.9 Å². The molecule has 2 rings (SSSR count). The van der Waals surface area contributed by atoms with Crippen molar-refractivity contribution >= 4 is 11.6 Å². The molecule has 4 nitrogen and oxygen atoms in total. The molecule has 0 radical (unpaired) electrons. The Morgan fingerprint density at radius 3 is 2.89 bits per heavy atom. The Morgan fingerprint density at radius 2 is 2.28 bits per heavy atom. The van der Waals surface area contributed by atoms with Crippen LogP contribution in [0.4, 0.5) is 10.1 Å². The van der Waals surface area contributed by atoms with Crippen molar-refractivity contribution in [2.45, 2.75) is 19.4 Å². The summed E-state index contributed by atoms with van der Waals surface area (Å²) in [4.78, 5) is 11.7. The van der Waals surface area contributed by atoms with Crippen molar-refractivity contribution in [2.24, 2.45) is 0 Å². The van der Waals surface area contributed by atoms with Gasteiger partial charge in [0.05, 0.1) is 5.60 Å². The Kier molecular flexibility index (Phi) is 3.63. The van der Waals surface area contributed by atoms with Gasteiger partial charge in [-0.2, -0.15) is 0 Å². The summed E-state index contributed by atoms with van der Waals surface area (Å²) in [6, 6.07) is 4.30. The van der Waals surface area contributed by atoms with E-state index < -0.39 is 0 Å². The van der Waals surface area contributed by atoms with Crippen LogP contribution in [0.2, 0.25) is 0 Å². The van der Waals surface area contributed by atoms with E-state index in [1.807, 2.05) is 13.8 Å². The molecule has 0 aromatic heterocycles. The van der Waals surface area contributed by atoms with Gasteiger partial charge in [0.1, 0.15) is 12.4 Å². The molecule has 2 N–H and O–H groups in total. The van der Waals surface area contributed by atoms with E-state index in [4.69, 9.17) is 4.74 Å². The highest BCUT2D eigenvalue weighted by atomic mass is 19.1. The van der Waals surface area contributed by atoms with Crippen LogP contribution in [0.5, 0.6) is 0 Å². The highest BCUT2D eigenvalue weighted by molar-refractivity contribution is 5.92. The van der Waals surface area contributed by atoms with E-state index in [9.17, 15) is 9.18 Å². The van der Waals surface area contributed by atoms with Crippen molar-refractivity contribution in [3.8, 4) is 0 Å². The van der Waals surface area contributed by atoms with Gasteiger partial charge in [-0.1, -0.05) is 6.07 Å². The van der Waals surface area contributed by atoms with E-state index in [0.29, 0.717) is 5.69 Å². The van der Waals surface area contributed by atoms with Crippen molar-refractivity contribution in [3.05, 3.63) is 29.6 Å². The second-order valence-corrected chi connectivity index (χ2v) is 4.85. The van der Waals surface area contributed by atoms with Crippen LogP contribution in [0.1, 0.15) is 12.5 Å². The number of benzene rings is 1. The van der Waals surface area contributed by atoms with Crippen LogP contribution in [0.25, 0.3) is 0 Å². The molecule has 18 heavy (non-hydrogen) atoms. The van der Waals surface area contributed by atoms with Crippen molar-refractivity contribution in [2.75, 3.05) is 25.0 Å². The molecule has 1 fully saturated rings. The number of anilines is 1. The molecule has 0 bridgehead atoms. The van der Waals surface area contributed by atoms with Gasteiger partial charge in [0.2, 0.25) is 5.91 Å². The van der Waals surface area contributed by atoms with Crippen molar-refractivity contribution in [1.82, 2.24) is 5.32 Å². The molecule has 0 aliphatic carbocycles. The van der Waals surface area contributed by atoms with E-state index in [1.54, 1.807) is 6.07 Å². The minimum atomic E-state index is -0.369. The standard InChI is InChI=1S/C13H17FN2O2/c1-9-3-4-10(14)5-11(9)16-12(17)6-18-13(2)7-15-8-13/h3-5,15H,6-8H2,1-2H3,(H,16,17). The quantitative estimate of drug-likeness (QED) is 0.852. The summed E-state index contributed by atoms with van der Waals surface area (Å²) in [5.41, 5.74) is 1.05. The zero-order valence-electron chi connectivity index (χ0n) is 10.5. The molecular formula is C13H17FN2O2. The zero-order valence-corrected chi connectivity index (χ0v) is 10.5. The van der Waals surface area contributed by atoms with Gasteiger partial charge >= 0.3 is 0 Å². The van der Waals surface area contributed by atoms with E-state index >= 15 is 0 Å². The Bertz CT molecular complexity index is 458. The zero-order chi connectivity index (χ0) is 13.2. The fourth-order valence-corrected chi connectivity index (χ4v) is 1.73. The molecule has 1 aromatic rings. The first-order chi connectivity index (χ1) is 8.48. The van der Waals surface area contributed by atoms with Crippen LogP contribution >= 0.6 is 0 Å². The molecule has 1 heterocycles. The summed E-state index contributed by atoms with van der Waals surface area (Å²) in [6.07, 6.45) is 0. The van der Waals surface area contributed by atoms with Crippen molar-refractivity contribution in [3.63, 3.8) is 0 Å². The summed E-state index contributed by atoms with van der Waals surface area (Å²) in [6.45, 7) is 5.24. The number of halogens is 1. The smallest absolute Gasteiger partial charge is 0.250 e. The fourth-order valence-electron chi connectivity index (χ4n) is 1.73. The third-order valence-electron chi connectivity index (χ3n) is 3.02. The van der Waals surface area contributed by atoms with Crippen LogP contribution in [-0.4, -0.2) is 31.2 Å². The van der Waals surface area contributed by atoms with Crippen molar-refractivity contribution in [1.29, 1.82) is 0 Å². The van der Waals surface area contributed by atoms with Gasteiger partial charge in [-0.05, 0) is 31.5 Å². The highest BCUT2D eigenvalue weighted by Crippen LogP contribution is 2.17. The summed E-state index contributed by atoms with van der Waals surface area (Å²) >= 11 is 0. The van der Waals surface area contributed by atoms with E-state index in [2.05, 4.69) is 10.6 Å². The number of rotatable bonds is 4. The predicted octanol–water partition coefficient (Wildman–Crippen LogP) is 1.45. The molecule has 0 saturated carbocycles. The fraction of sp³-hybridized carbons (Fsp3) is 0.462. The minimum absolute atomic E-state index is 0.0197. The topological polar surface area (TPSA) is 50.4 Å². The van der Waals surface area contributed by atoms with Gasteiger partial charge in [-0.3, -0.25) is 4.79 Å². The van der Waals surface area contributed by atoms with Gasteiger partial charge in [0, 0.05) is 18.8 Å². The predicted molar refractivity (Wildman–Crippen MR) is 67.0 cm³/mol. The summed E-state index contributed by atoms with van der Waals surface area (Å²) in [5.74, 6) is -0.635. The number of nitrogens with one attached hydrogen (secondary N) is 2. The van der Waals surface area contributed by atoms with E-state index in [1.165, 1.54) is 12.1 Å². The molecule has 5 heteroatoms. The van der Waals surface area contributed by atoms with Crippen LogP contribution < -0.4 is 10.6 Å². The Balaban J connectivity index is 1.88. The highest BCUT2D eigenvalue weighted by Gasteiger charge is 2.33. The van der Waals surface area contributed by atoms with Crippen LogP contribution in [-0.2, 0) is 9.53 Å². The van der Waals surface area contributed by atoms with Gasteiger partial charge in [0.25, 0.3) is 0 Å². The van der Waals surface area contributed by atoms with Gasteiger partial charge < -0.3 is 15.4 Å². The summed E-state index contributed by atoms with van der Waals surface area (Å²) in [5, 5.41) is 5.73. The van der Waals surface area contributed by atoms with Gasteiger partial charge in [-0.25, -0.2) is 4.39 Å². The largest absolute Gasteiger partial charge is 0.363 e. The average molecular weight is 252 g/mol. The molecule has 1 aromatic carbocycles. The minimum Gasteiger partial charge on any atom is -0.363 e. The maximum Gasteiger partial charge on any atom is 0.250 e. The van der Waals surface area contributed by atoms with Gasteiger partial charge in [-0.15, -0.1) is 0 Å². The third kappa shape index (κ3) is 3.05. The molecule has 1 aliphatic rings. The van der Waals surface area contributed by atoms with Crippen molar-refractivity contribution < 1.29 is 13.9 Å². The lowest BCUT2D eigenvalue weighted by molar-refractivity contribution is -0.130. The normalized spacial score (nSPS) is 17.1. The molecule has 98 valence electrons. The average Bonchev–Trinajstić information content (AvgIpc) is 2.29. The maximum absolute atomic E-state index is 13.0. The Morgan fingerprint density at radius 1 is 1.56 bits per heavy atom. The lowest BCUT2D eigenvalue weighted by Crippen LogP contribution is -2.59. The molecule has 1 aliphatic heterocycles. The lowest BCUT2D eigenvalue weighted by Gasteiger charge is -2.38. The van der Waals surface area contributed by atoms with E-state index in [0.717, 1.165) is 18.7 Å². The molecule has 1 amide bonds. The number of hydrogen-bond acceptors (Lipinski definition) is 3. The van der Waals surface area contributed by atoms with Gasteiger partial charge in [0.15, 0.2) is 0 Å². The third-order valence-corrected chi connectivity index (χ3v) is 3.02. The first-order valence-corrected chi connectivity index (χ1v) is 5.89. The number of carbonyl (C=O) groups excluding carboxylic acids is 1.